The second kappa shape index (κ2) is 9.37. The predicted molar refractivity (Wildman–Crippen MR) is 119 cm³/mol. The third-order valence-electron chi connectivity index (χ3n) is 4.30. The van der Waals surface area contributed by atoms with Gasteiger partial charge in [-0.2, -0.15) is 0 Å². The molecule has 2 amide bonds. The van der Waals surface area contributed by atoms with Crippen LogP contribution >= 0.6 is 35.6 Å². The zero-order chi connectivity index (χ0) is 20.1. The van der Waals surface area contributed by atoms with E-state index in [2.05, 4.69) is 0 Å². The van der Waals surface area contributed by atoms with E-state index in [4.69, 9.17) is 23.8 Å². The Bertz CT molecular complexity index is 931. The van der Waals surface area contributed by atoms with Crippen LogP contribution in [-0.2, 0) is 16.1 Å². The van der Waals surface area contributed by atoms with Gasteiger partial charge < -0.3 is 4.90 Å². The smallest absolute Gasteiger partial charge is 0.266 e. The Hall–Kier alpha value is -2.15. The summed E-state index contributed by atoms with van der Waals surface area (Å²) < 4.78 is 0.460. The third kappa shape index (κ3) is 5.01. The van der Waals surface area contributed by atoms with Gasteiger partial charge in [0.15, 0.2) is 0 Å². The first-order valence-electron chi connectivity index (χ1n) is 8.73. The second-order valence-electron chi connectivity index (χ2n) is 6.34. The van der Waals surface area contributed by atoms with E-state index < -0.39 is 0 Å². The first-order chi connectivity index (χ1) is 13.5. The van der Waals surface area contributed by atoms with Crippen molar-refractivity contribution in [1.82, 2.24) is 9.80 Å². The summed E-state index contributed by atoms with van der Waals surface area (Å²) >= 11 is 12.7. The zero-order valence-electron chi connectivity index (χ0n) is 15.3. The summed E-state index contributed by atoms with van der Waals surface area (Å²) in [5, 5.41) is 0.575. The van der Waals surface area contributed by atoms with Crippen molar-refractivity contribution >= 4 is 57.8 Å². The number of benzene rings is 2. The van der Waals surface area contributed by atoms with Gasteiger partial charge in [0.1, 0.15) is 4.32 Å². The summed E-state index contributed by atoms with van der Waals surface area (Å²) in [5.74, 6) is -0.221. The van der Waals surface area contributed by atoms with Crippen molar-refractivity contribution < 1.29 is 9.59 Å². The van der Waals surface area contributed by atoms with Gasteiger partial charge in [-0.3, -0.25) is 14.5 Å². The largest absolute Gasteiger partial charge is 0.341 e. The lowest BCUT2D eigenvalue weighted by molar-refractivity contribution is -0.131. The van der Waals surface area contributed by atoms with Crippen molar-refractivity contribution in [3.8, 4) is 0 Å². The van der Waals surface area contributed by atoms with E-state index in [1.54, 1.807) is 24.1 Å². The Labute approximate surface area is 179 Å². The number of hydrogen-bond acceptors (Lipinski definition) is 4. The molecule has 0 unspecified atom stereocenters. The van der Waals surface area contributed by atoms with E-state index in [1.165, 1.54) is 16.7 Å². The van der Waals surface area contributed by atoms with Crippen LogP contribution in [0.1, 0.15) is 17.5 Å². The zero-order valence-corrected chi connectivity index (χ0v) is 17.7. The van der Waals surface area contributed by atoms with Crippen molar-refractivity contribution in [3.05, 3.63) is 75.7 Å². The van der Waals surface area contributed by atoms with Gasteiger partial charge in [-0.25, -0.2) is 0 Å². The van der Waals surface area contributed by atoms with Gasteiger partial charge in [0.05, 0.1) is 4.91 Å². The number of thiocarbonyl (C=S) groups is 1. The Morgan fingerprint density at radius 1 is 1.18 bits per heavy atom. The average molecular weight is 431 g/mol. The molecular weight excluding hydrogens is 412 g/mol. The molecule has 0 saturated carbocycles. The van der Waals surface area contributed by atoms with Crippen molar-refractivity contribution in [3.63, 3.8) is 0 Å². The van der Waals surface area contributed by atoms with Crippen LogP contribution in [0.25, 0.3) is 6.08 Å². The van der Waals surface area contributed by atoms with Crippen molar-refractivity contribution in [1.29, 1.82) is 0 Å². The fourth-order valence-electron chi connectivity index (χ4n) is 2.77. The van der Waals surface area contributed by atoms with E-state index in [-0.39, 0.29) is 24.8 Å². The highest BCUT2D eigenvalue weighted by Gasteiger charge is 2.32. The average Bonchev–Trinajstić information content (AvgIpc) is 2.95. The minimum atomic E-state index is -0.187. The van der Waals surface area contributed by atoms with E-state index in [9.17, 15) is 9.59 Å². The van der Waals surface area contributed by atoms with Crippen molar-refractivity contribution in [2.45, 2.75) is 13.0 Å². The molecule has 1 aliphatic rings. The quantitative estimate of drug-likeness (QED) is 0.496. The summed E-state index contributed by atoms with van der Waals surface area (Å²) in [4.78, 5) is 28.8. The highest BCUT2D eigenvalue weighted by atomic mass is 35.5. The van der Waals surface area contributed by atoms with Crippen molar-refractivity contribution in [2.75, 3.05) is 13.6 Å². The van der Waals surface area contributed by atoms with E-state index >= 15 is 0 Å². The van der Waals surface area contributed by atoms with Crippen LogP contribution in [0, 0.1) is 0 Å². The first-order valence-corrected chi connectivity index (χ1v) is 10.3. The van der Waals surface area contributed by atoms with E-state index in [1.807, 2.05) is 48.5 Å². The standard InChI is InChI=1S/C21H19ClN2O2S2/c1-23(14-15-7-3-2-4-8-15)19(25)11-12-24-20(26)18(28-21(24)27)13-16-9-5-6-10-17(16)22/h2-10,13H,11-12,14H2,1H3/b18-13-. The maximum atomic E-state index is 12.7. The van der Waals surface area contributed by atoms with Gasteiger partial charge in [-0.15, -0.1) is 0 Å². The molecule has 0 radical (unpaired) electrons. The number of nitrogens with zero attached hydrogens (tertiary/aromatic N) is 2. The molecule has 0 N–H and O–H groups in total. The molecule has 4 nitrogen and oxygen atoms in total. The topological polar surface area (TPSA) is 40.6 Å². The predicted octanol–water partition coefficient (Wildman–Crippen LogP) is 4.59. The molecule has 1 aliphatic heterocycles. The molecule has 2 aromatic carbocycles. The minimum Gasteiger partial charge on any atom is -0.341 e. The molecule has 28 heavy (non-hydrogen) atoms. The highest BCUT2D eigenvalue weighted by Crippen LogP contribution is 2.33. The molecule has 2 aromatic rings. The Morgan fingerprint density at radius 3 is 2.57 bits per heavy atom. The molecule has 144 valence electrons. The summed E-state index contributed by atoms with van der Waals surface area (Å²) in [6.45, 7) is 0.799. The number of carbonyl (C=O) groups excluding carboxylic acids is 2. The van der Waals surface area contributed by atoms with Crippen LogP contribution in [0.5, 0.6) is 0 Å². The summed E-state index contributed by atoms with van der Waals surface area (Å²) in [6, 6.07) is 17.1. The molecule has 0 aliphatic carbocycles. The fourth-order valence-corrected chi connectivity index (χ4v) is 4.26. The third-order valence-corrected chi connectivity index (χ3v) is 6.02. The normalized spacial score (nSPS) is 15.4. The summed E-state index contributed by atoms with van der Waals surface area (Å²) in [7, 11) is 1.76. The molecule has 1 fully saturated rings. The summed E-state index contributed by atoms with van der Waals surface area (Å²) in [5.41, 5.74) is 1.83. The molecule has 7 heteroatoms. The Kier molecular flexibility index (Phi) is 6.88. The first kappa shape index (κ1) is 20.6. The number of hydrogen-bond donors (Lipinski definition) is 0. The molecular formula is C21H19ClN2O2S2. The van der Waals surface area contributed by atoms with Gasteiger partial charge in [0.2, 0.25) is 5.91 Å². The maximum Gasteiger partial charge on any atom is 0.266 e. The lowest BCUT2D eigenvalue weighted by Crippen LogP contribution is -2.34. The summed E-state index contributed by atoms with van der Waals surface area (Å²) in [6.07, 6.45) is 1.96. The molecule has 0 atom stereocenters. The van der Waals surface area contributed by atoms with Crippen LogP contribution < -0.4 is 0 Å². The molecule has 0 aromatic heterocycles. The lowest BCUT2D eigenvalue weighted by Gasteiger charge is -2.19. The minimum absolute atomic E-state index is 0.0343. The van der Waals surface area contributed by atoms with Gasteiger partial charge in [-0.05, 0) is 23.3 Å². The monoisotopic (exact) mass is 430 g/mol. The van der Waals surface area contributed by atoms with Gasteiger partial charge in [0.25, 0.3) is 5.91 Å². The molecule has 0 bridgehead atoms. The highest BCUT2D eigenvalue weighted by molar-refractivity contribution is 8.26. The Balaban J connectivity index is 1.60. The number of thioether (sulfide) groups is 1. The number of halogens is 1. The fraction of sp³-hybridized carbons (Fsp3) is 0.190. The number of carbonyl (C=O) groups is 2. The molecule has 1 saturated heterocycles. The van der Waals surface area contributed by atoms with Crippen molar-refractivity contribution in [2.24, 2.45) is 0 Å². The van der Waals surface area contributed by atoms with Crippen LogP contribution in [0.15, 0.2) is 59.5 Å². The number of rotatable bonds is 6. The maximum absolute atomic E-state index is 12.7. The van der Waals surface area contributed by atoms with Crippen LogP contribution in [0.3, 0.4) is 0 Å². The van der Waals surface area contributed by atoms with Gasteiger partial charge in [-0.1, -0.05) is 84.1 Å². The molecule has 1 heterocycles. The lowest BCUT2D eigenvalue weighted by atomic mass is 10.2. The van der Waals surface area contributed by atoms with Crippen LogP contribution in [0.2, 0.25) is 5.02 Å². The van der Waals surface area contributed by atoms with E-state index in [0.717, 1.165) is 11.1 Å². The molecule has 3 rings (SSSR count). The number of amides is 2. The molecule has 0 spiro atoms. The Morgan fingerprint density at radius 2 is 1.86 bits per heavy atom. The van der Waals surface area contributed by atoms with Gasteiger partial charge >= 0.3 is 0 Å². The SMILES string of the molecule is CN(Cc1ccccc1)C(=O)CCN1C(=O)/C(=C/c2ccccc2Cl)SC1=S. The van der Waals surface area contributed by atoms with Crippen LogP contribution in [-0.4, -0.2) is 39.5 Å². The van der Waals surface area contributed by atoms with E-state index in [0.29, 0.717) is 20.8 Å². The van der Waals surface area contributed by atoms with Gasteiger partial charge in [0, 0.05) is 31.6 Å². The second-order valence-corrected chi connectivity index (χ2v) is 8.42. The van der Waals surface area contributed by atoms with Crippen LogP contribution in [0.4, 0.5) is 0 Å².